The van der Waals surface area contributed by atoms with Crippen LogP contribution in [-0.4, -0.2) is 13.2 Å². The quantitative estimate of drug-likeness (QED) is 0.822. The molecule has 15 heavy (non-hydrogen) atoms. The molecule has 0 spiro atoms. The minimum atomic E-state index is 0.555. The van der Waals surface area contributed by atoms with Gasteiger partial charge in [-0.25, -0.2) is 0 Å². The van der Waals surface area contributed by atoms with Crippen LogP contribution in [0, 0.1) is 6.92 Å². The average Bonchev–Trinajstić information content (AvgIpc) is 2.66. The third-order valence-corrected chi connectivity index (χ3v) is 3.16. The molecular formula is C13H19NO. The minimum absolute atomic E-state index is 0.555. The van der Waals surface area contributed by atoms with Gasteiger partial charge < -0.3 is 10.5 Å². The van der Waals surface area contributed by atoms with Crippen LogP contribution in [0.3, 0.4) is 0 Å². The molecule has 0 amide bonds. The van der Waals surface area contributed by atoms with Crippen LogP contribution in [0.4, 0.5) is 0 Å². The van der Waals surface area contributed by atoms with Crippen LogP contribution in [0.5, 0.6) is 5.75 Å². The lowest BCUT2D eigenvalue weighted by atomic mass is 9.93. The summed E-state index contributed by atoms with van der Waals surface area (Å²) in [6.45, 7) is 5.96. The largest absolute Gasteiger partial charge is 0.493 e. The van der Waals surface area contributed by atoms with E-state index in [9.17, 15) is 0 Å². The second-order valence-corrected chi connectivity index (χ2v) is 4.40. The normalized spacial score (nSPS) is 15.9. The summed E-state index contributed by atoms with van der Waals surface area (Å²) in [5, 5.41) is 0. The summed E-state index contributed by atoms with van der Waals surface area (Å²) < 4.78 is 5.60. The summed E-state index contributed by atoms with van der Waals surface area (Å²) in [6.07, 6.45) is 2.11. The fraction of sp³-hybridized carbons (Fsp3) is 0.538. The molecular weight excluding hydrogens is 186 g/mol. The van der Waals surface area contributed by atoms with E-state index in [0.29, 0.717) is 5.92 Å². The highest BCUT2D eigenvalue weighted by Crippen LogP contribution is 2.33. The Morgan fingerprint density at radius 2 is 2.27 bits per heavy atom. The zero-order valence-corrected chi connectivity index (χ0v) is 9.55. The Hall–Kier alpha value is -1.02. The molecule has 1 unspecified atom stereocenters. The maximum absolute atomic E-state index is 5.60. The van der Waals surface area contributed by atoms with E-state index in [2.05, 4.69) is 26.0 Å². The van der Waals surface area contributed by atoms with E-state index < -0.39 is 0 Å². The maximum atomic E-state index is 5.60. The first kappa shape index (κ1) is 10.5. The summed E-state index contributed by atoms with van der Waals surface area (Å²) in [6, 6.07) is 4.53. The van der Waals surface area contributed by atoms with Crippen molar-refractivity contribution in [3.8, 4) is 5.75 Å². The van der Waals surface area contributed by atoms with Gasteiger partial charge >= 0.3 is 0 Å². The molecule has 0 fully saturated rings. The van der Waals surface area contributed by atoms with Gasteiger partial charge in [-0.3, -0.25) is 0 Å². The summed E-state index contributed by atoms with van der Waals surface area (Å²) in [7, 11) is 0. The van der Waals surface area contributed by atoms with Gasteiger partial charge in [0.05, 0.1) is 6.61 Å². The highest BCUT2D eigenvalue weighted by molar-refractivity contribution is 5.47. The van der Waals surface area contributed by atoms with Gasteiger partial charge in [0.2, 0.25) is 0 Å². The van der Waals surface area contributed by atoms with Crippen molar-refractivity contribution >= 4 is 0 Å². The number of ether oxygens (including phenoxy) is 1. The Bertz CT molecular complexity index is 360. The van der Waals surface area contributed by atoms with Gasteiger partial charge in [0.15, 0.2) is 0 Å². The second-order valence-electron chi connectivity index (χ2n) is 4.40. The minimum Gasteiger partial charge on any atom is -0.493 e. The van der Waals surface area contributed by atoms with E-state index >= 15 is 0 Å². The third kappa shape index (κ3) is 2.00. The van der Waals surface area contributed by atoms with Crippen molar-refractivity contribution in [1.82, 2.24) is 0 Å². The van der Waals surface area contributed by atoms with Crippen molar-refractivity contribution in [2.24, 2.45) is 5.73 Å². The molecule has 2 N–H and O–H groups in total. The average molecular weight is 205 g/mol. The summed E-state index contributed by atoms with van der Waals surface area (Å²) in [5.74, 6) is 1.67. The van der Waals surface area contributed by atoms with Gasteiger partial charge in [-0.2, -0.15) is 0 Å². The summed E-state index contributed by atoms with van der Waals surface area (Å²) in [5.41, 5.74) is 9.63. The first-order chi connectivity index (χ1) is 7.22. The van der Waals surface area contributed by atoms with Gasteiger partial charge in [-0.1, -0.05) is 19.1 Å². The zero-order valence-electron chi connectivity index (χ0n) is 9.55. The smallest absolute Gasteiger partial charge is 0.125 e. The van der Waals surface area contributed by atoms with Crippen LogP contribution >= 0.6 is 0 Å². The number of hydrogen-bond donors (Lipinski definition) is 1. The van der Waals surface area contributed by atoms with E-state index in [1.165, 1.54) is 16.7 Å². The second kappa shape index (κ2) is 4.23. The number of nitrogens with two attached hydrogens (primary N) is 1. The summed E-state index contributed by atoms with van der Waals surface area (Å²) >= 11 is 0. The highest BCUT2D eigenvalue weighted by Gasteiger charge is 2.17. The maximum Gasteiger partial charge on any atom is 0.125 e. The van der Waals surface area contributed by atoms with Crippen molar-refractivity contribution in [3.63, 3.8) is 0 Å². The van der Waals surface area contributed by atoms with Crippen LogP contribution in [0.15, 0.2) is 12.1 Å². The lowest BCUT2D eigenvalue weighted by Gasteiger charge is -2.13. The first-order valence-electron chi connectivity index (χ1n) is 5.68. The van der Waals surface area contributed by atoms with Gasteiger partial charge in [0.1, 0.15) is 5.75 Å². The highest BCUT2D eigenvalue weighted by atomic mass is 16.5. The summed E-state index contributed by atoms with van der Waals surface area (Å²) in [4.78, 5) is 0. The topological polar surface area (TPSA) is 35.2 Å². The predicted molar refractivity (Wildman–Crippen MR) is 62.5 cm³/mol. The van der Waals surface area contributed by atoms with Gasteiger partial charge in [0, 0.05) is 6.42 Å². The standard InChI is InChI=1S/C13H19NO/c1-9(3-5-14)12-7-10(2)13-11(8-12)4-6-15-13/h7-9H,3-6,14H2,1-2H3. The van der Waals surface area contributed by atoms with Crippen LogP contribution in [0.1, 0.15) is 36.0 Å². The van der Waals surface area contributed by atoms with E-state index in [1.54, 1.807) is 0 Å². The van der Waals surface area contributed by atoms with Crippen molar-refractivity contribution in [2.75, 3.05) is 13.2 Å². The number of benzene rings is 1. The SMILES string of the molecule is Cc1cc(C(C)CCN)cc2c1OCC2. The monoisotopic (exact) mass is 205 g/mol. The molecule has 1 aromatic rings. The zero-order chi connectivity index (χ0) is 10.8. The number of hydrogen-bond acceptors (Lipinski definition) is 2. The van der Waals surface area contributed by atoms with Crippen LogP contribution in [0.25, 0.3) is 0 Å². The van der Waals surface area contributed by atoms with Crippen molar-refractivity contribution in [2.45, 2.75) is 32.6 Å². The van der Waals surface area contributed by atoms with Crippen molar-refractivity contribution < 1.29 is 4.74 Å². The number of aryl methyl sites for hydroxylation is 1. The van der Waals surface area contributed by atoms with Crippen LogP contribution in [0.2, 0.25) is 0 Å². The molecule has 1 atom stereocenters. The molecule has 2 heteroatoms. The number of fused-ring (bicyclic) bond motifs is 1. The first-order valence-corrected chi connectivity index (χ1v) is 5.68. The third-order valence-electron chi connectivity index (χ3n) is 3.16. The fourth-order valence-electron chi connectivity index (χ4n) is 2.23. The van der Waals surface area contributed by atoms with Crippen molar-refractivity contribution in [1.29, 1.82) is 0 Å². The Balaban J connectivity index is 2.30. The van der Waals surface area contributed by atoms with Gasteiger partial charge in [-0.15, -0.1) is 0 Å². The van der Waals surface area contributed by atoms with Crippen molar-refractivity contribution in [3.05, 3.63) is 28.8 Å². The van der Waals surface area contributed by atoms with Crippen LogP contribution < -0.4 is 10.5 Å². The van der Waals surface area contributed by atoms with Crippen LogP contribution in [-0.2, 0) is 6.42 Å². The lowest BCUT2D eigenvalue weighted by Crippen LogP contribution is -2.05. The molecule has 0 radical (unpaired) electrons. The Morgan fingerprint density at radius 3 is 3.00 bits per heavy atom. The molecule has 0 aromatic heterocycles. The molecule has 2 nitrogen and oxygen atoms in total. The van der Waals surface area contributed by atoms with Gasteiger partial charge in [-0.05, 0) is 42.5 Å². The Labute approximate surface area is 91.4 Å². The molecule has 1 heterocycles. The van der Waals surface area contributed by atoms with Gasteiger partial charge in [0.25, 0.3) is 0 Å². The molecule has 1 aliphatic rings. The van der Waals surface area contributed by atoms with E-state index in [1.807, 2.05) is 0 Å². The Morgan fingerprint density at radius 1 is 1.47 bits per heavy atom. The molecule has 0 aliphatic carbocycles. The molecule has 82 valence electrons. The molecule has 1 aliphatic heterocycles. The predicted octanol–water partition coefficient (Wildman–Crippen LogP) is 2.38. The molecule has 0 saturated carbocycles. The van der Waals surface area contributed by atoms with E-state index in [0.717, 1.165) is 31.7 Å². The van der Waals surface area contributed by atoms with E-state index in [-0.39, 0.29) is 0 Å². The number of rotatable bonds is 3. The lowest BCUT2D eigenvalue weighted by molar-refractivity contribution is 0.354. The van der Waals surface area contributed by atoms with E-state index in [4.69, 9.17) is 10.5 Å². The Kier molecular flexibility index (Phi) is 2.96. The molecule has 0 bridgehead atoms. The molecule has 0 saturated heterocycles. The fourth-order valence-corrected chi connectivity index (χ4v) is 2.23. The molecule has 2 rings (SSSR count). The molecule has 1 aromatic carbocycles.